The van der Waals surface area contributed by atoms with Gasteiger partial charge in [-0.1, -0.05) is 68.3 Å². The number of hydrogen-bond donors (Lipinski definition) is 0. The molecule has 5 aromatic rings. The van der Waals surface area contributed by atoms with Gasteiger partial charge in [-0.25, -0.2) is 0 Å². The molecule has 5 rings (SSSR count). The first kappa shape index (κ1) is 12.0. The van der Waals surface area contributed by atoms with Gasteiger partial charge in [0.25, 0.3) is 0 Å². The minimum Gasteiger partial charge on any atom is -0.308 e. The van der Waals surface area contributed by atoms with Gasteiger partial charge in [-0.05, 0) is 18.2 Å². The van der Waals surface area contributed by atoms with Crippen molar-refractivity contribution in [3.05, 3.63) is 63.5 Å². The average molecular weight is 399 g/mol. The Morgan fingerprint density at radius 2 is 1.48 bits per heavy atom. The van der Waals surface area contributed by atoms with Crippen LogP contribution in [0.2, 0.25) is 0 Å². The van der Waals surface area contributed by atoms with E-state index >= 15 is 0 Å². The van der Waals surface area contributed by atoms with Gasteiger partial charge in [0, 0.05) is 30.5 Å². The maximum atomic E-state index is 3.73. The molecular weight excluding hydrogens is 390 g/mol. The fourth-order valence-electron chi connectivity index (χ4n) is 3.47. The fraction of sp³-hybridized carbons (Fsp3) is 0. The molecule has 0 aliphatic rings. The van der Waals surface area contributed by atoms with Gasteiger partial charge < -0.3 is 4.40 Å². The van der Waals surface area contributed by atoms with Gasteiger partial charge in [-0.15, -0.1) is 0 Å². The van der Waals surface area contributed by atoms with E-state index in [0.29, 0.717) is 0 Å². The molecular formula is C18H9Br2N. The second kappa shape index (κ2) is 3.99. The minimum absolute atomic E-state index is 1.09. The molecule has 0 saturated heterocycles. The maximum Gasteiger partial charge on any atom is 0.0620 e. The molecule has 0 fully saturated rings. The Morgan fingerprint density at radius 1 is 0.714 bits per heavy atom. The Hall–Kier alpha value is -1.58. The molecule has 0 N–H and O–H groups in total. The van der Waals surface area contributed by atoms with Crippen LogP contribution in [0, 0.1) is 0 Å². The topological polar surface area (TPSA) is 4.41 Å². The summed E-state index contributed by atoms with van der Waals surface area (Å²) >= 11 is 7.34. The summed E-state index contributed by atoms with van der Waals surface area (Å²) in [5.41, 5.74) is 3.82. The predicted molar refractivity (Wildman–Crippen MR) is 96.5 cm³/mol. The molecule has 0 aliphatic carbocycles. The lowest BCUT2D eigenvalue weighted by atomic mass is 10.1. The first-order valence-corrected chi connectivity index (χ1v) is 8.36. The van der Waals surface area contributed by atoms with E-state index < -0.39 is 0 Å². The average Bonchev–Trinajstić information content (AvgIpc) is 2.98. The SMILES string of the molecule is Brc1cc(Br)c2c3cccc4c5ccccc5n(c2c1)c43. The molecule has 0 amide bonds. The zero-order valence-corrected chi connectivity index (χ0v) is 14.1. The van der Waals surface area contributed by atoms with Gasteiger partial charge >= 0.3 is 0 Å². The summed E-state index contributed by atoms with van der Waals surface area (Å²) < 4.78 is 4.60. The highest BCUT2D eigenvalue weighted by atomic mass is 79.9. The zero-order chi connectivity index (χ0) is 14.1. The summed E-state index contributed by atoms with van der Waals surface area (Å²) in [6.45, 7) is 0. The van der Waals surface area contributed by atoms with E-state index in [4.69, 9.17) is 0 Å². The third-order valence-corrected chi connectivity index (χ3v) is 5.32. The molecule has 100 valence electrons. The van der Waals surface area contributed by atoms with E-state index in [1.54, 1.807) is 0 Å². The second-order valence-corrected chi connectivity index (χ2v) is 7.11. The van der Waals surface area contributed by atoms with Crippen LogP contribution in [-0.4, -0.2) is 4.40 Å². The first-order chi connectivity index (χ1) is 10.3. The van der Waals surface area contributed by atoms with E-state index in [-0.39, 0.29) is 0 Å². The van der Waals surface area contributed by atoms with Crippen LogP contribution in [0.1, 0.15) is 0 Å². The third-order valence-electron chi connectivity index (χ3n) is 4.24. The predicted octanol–water partition coefficient (Wildman–Crippen LogP) is 6.36. The van der Waals surface area contributed by atoms with Crippen LogP contribution in [0.5, 0.6) is 0 Å². The minimum atomic E-state index is 1.09. The quantitative estimate of drug-likeness (QED) is 0.285. The highest BCUT2D eigenvalue weighted by Crippen LogP contribution is 2.42. The number of fused-ring (bicyclic) bond motifs is 6. The molecule has 0 aliphatic heterocycles. The summed E-state index contributed by atoms with van der Waals surface area (Å²) in [6.07, 6.45) is 0. The molecule has 0 atom stereocenters. The summed E-state index contributed by atoms with van der Waals surface area (Å²) in [7, 11) is 0. The highest BCUT2D eigenvalue weighted by molar-refractivity contribution is 9.11. The summed E-state index contributed by atoms with van der Waals surface area (Å²) in [5.74, 6) is 0. The molecule has 3 aromatic carbocycles. The number of rotatable bonds is 0. The molecule has 21 heavy (non-hydrogen) atoms. The van der Waals surface area contributed by atoms with Crippen molar-refractivity contribution in [1.82, 2.24) is 4.40 Å². The van der Waals surface area contributed by atoms with Gasteiger partial charge in [0.2, 0.25) is 0 Å². The van der Waals surface area contributed by atoms with Gasteiger partial charge in [0.1, 0.15) is 0 Å². The van der Waals surface area contributed by atoms with E-state index in [0.717, 1.165) is 8.95 Å². The van der Waals surface area contributed by atoms with Gasteiger partial charge in [-0.3, -0.25) is 0 Å². The van der Waals surface area contributed by atoms with Crippen molar-refractivity contribution in [3.63, 3.8) is 0 Å². The molecule has 0 radical (unpaired) electrons. The normalized spacial score (nSPS) is 12.3. The lowest BCUT2D eigenvalue weighted by Gasteiger charge is -2.00. The maximum absolute atomic E-state index is 3.73. The van der Waals surface area contributed by atoms with Crippen molar-refractivity contribution in [3.8, 4) is 0 Å². The fourth-order valence-corrected chi connectivity index (χ4v) is 4.89. The van der Waals surface area contributed by atoms with Crippen LogP contribution in [-0.2, 0) is 0 Å². The lowest BCUT2D eigenvalue weighted by Crippen LogP contribution is -1.80. The number of para-hydroxylation sites is 2. The molecule has 0 saturated carbocycles. The van der Waals surface area contributed by atoms with Crippen molar-refractivity contribution in [2.75, 3.05) is 0 Å². The molecule has 3 heteroatoms. The van der Waals surface area contributed by atoms with Crippen LogP contribution in [0.3, 0.4) is 0 Å². The molecule has 1 nitrogen and oxygen atoms in total. The number of hydrogen-bond acceptors (Lipinski definition) is 0. The van der Waals surface area contributed by atoms with Crippen LogP contribution in [0.25, 0.3) is 38.1 Å². The Kier molecular flexibility index (Phi) is 2.28. The van der Waals surface area contributed by atoms with Crippen molar-refractivity contribution < 1.29 is 0 Å². The van der Waals surface area contributed by atoms with E-state index in [1.165, 1.54) is 38.1 Å². The van der Waals surface area contributed by atoms with Crippen LogP contribution in [0.4, 0.5) is 0 Å². The smallest absolute Gasteiger partial charge is 0.0620 e. The number of aromatic nitrogens is 1. The van der Waals surface area contributed by atoms with Crippen LogP contribution in [0.15, 0.2) is 63.5 Å². The van der Waals surface area contributed by atoms with Gasteiger partial charge in [-0.2, -0.15) is 0 Å². The van der Waals surface area contributed by atoms with E-state index in [2.05, 4.69) is 90.9 Å². The Bertz CT molecular complexity index is 1150. The summed E-state index contributed by atoms with van der Waals surface area (Å²) in [5, 5.41) is 5.22. The third kappa shape index (κ3) is 1.41. The van der Waals surface area contributed by atoms with Crippen molar-refractivity contribution in [2.45, 2.75) is 0 Å². The van der Waals surface area contributed by atoms with E-state index in [1.807, 2.05) is 0 Å². The van der Waals surface area contributed by atoms with Crippen LogP contribution >= 0.6 is 31.9 Å². The van der Waals surface area contributed by atoms with Crippen molar-refractivity contribution in [2.24, 2.45) is 0 Å². The molecule has 2 heterocycles. The standard InChI is InChI=1S/C18H9Br2N/c19-10-8-14(20)17-13-6-3-5-12-11-4-1-2-7-15(11)21(18(12)13)16(17)9-10/h1-9H. The second-order valence-electron chi connectivity index (χ2n) is 5.34. The molecule has 2 aromatic heterocycles. The largest absolute Gasteiger partial charge is 0.308 e. The summed E-state index contributed by atoms with van der Waals surface area (Å²) in [6, 6.07) is 19.5. The van der Waals surface area contributed by atoms with Gasteiger partial charge in [0.05, 0.1) is 16.6 Å². The van der Waals surface area contributed by atoms with Crippen LogP contribution < -0.4 is 0 Å². The lowest BCUT2D eigenvalue weighted by molar-refractivity contribution is 1.37. The Morgan fingerprint density at radius 3 is 2.38 bits per heavy atom. The number of halogens is 2. The Labute approximate surface area is 137 Å². The van der Waals surface area contributed by atoms with Gasteiger partial charge in [0.15, 0.2) is 0 Å². The van der Waals surface area contributed by atoms with E-state index in [9.17, 15) is 0 Å². The molecule has 0 unspecified atom stereocenters. The number of nitrogens with zero attached hydrogens (tertiary/aromatic N) is 1. The first-order valence-electron chi connectivity index (χ1n) is 6.77. The molecule has 0 spiro atoms. The van der Waals surface area contributed by atoms with Crippen molar-refractivity contribution in [1.29, 1.82) is 0 Å². The monoisotopic (exact) mass is 397 g/mol. The van der Waals surface area contributed by atoms with Crippen molar-refractivity contribution >= 4 is 70.0 Å². The molecule has 0 bridgehead atoms. The summed E-state index contributed by atoms with van der Waals surface area (Å²) in [4.78, 5) is 0. The zero-order valence-electron chi connectivity index (χ0n) is 10.9. The number of benzene rings is 3. The Balaban J connectivity index is 2.28. The highest BCUT2D eigenvalue weighted by Gasteiger charge is 2.18.